The molecule has 0 fully saturated rings. The van der Waals surface area contributed by atoms with Crippen molar-refractivity contribution in [3.8, 4) is 11.6 Å². The summed E-state index contributed by atoms with van der Waals surface area (Å²) < 4.78 is 18.6. The highest BCUT2D eigenvalue weighted by Crippen LogP contribution is 2.28. The highest BCUT2D eigenvalue weighted by atomic mass is 35.5. The molecule has 0 amide bonds. The molecule has 0 radical (unpaired) electrons. The van der Waals surface area contributed by atoms with Gasteiger partial charge in [-0.25, -0.2) is 9.37 Å². The molecule has 94 valence electrons. The predicted molar refractivity (Wildman–Crippen MR) is 68.3 cm³/mol. The Bertz CT molecular complexity index is 575. The molecular formula is C13H12ClFN2O. The molecule has 0 atom stereocenters. The zero-order chi connectivity index (χ0) is 13.1. The summed E-state index contributed by atoms with van der Waals surface area (Å²) in [6, 6.07) is 6.55. The van der Waals surface area contributed by atoms with Crippen LogP contribution in [0.1, 0.15) is 11.1 Å². The molecule has 2 aromatic rings. The summed E-state index contributed by atoms with van der Waals surface area (Å²) in [5.74, 6) is 0.494. The minimum atomic E-state index is -0.435. The average Bonchev–Trinajstić information content (AvgIpc) is 2.34. The number of pyridine rings is 1. The molecule has 0 saturated heterocycles. The highest BCUT2D eigenvalue weighted by Gasteiger charge is 2.09. The van der Waals surface area contributed by atoms with Crippen LogP contribution in [0.2, 0.25) is 5.02 Å². The number of benzene rings is 1. The first kappa shape index (κ1) is 12.8. The molecule has 0 aliphatic rings. The first-order chi connectivity index (χ1) is 8.60. The number of nitrogens with zero attached hydrogens (tertiary/aromatic N) is 1. The summed E-state index contributed by atoms with van der Waals surface area (Å²) in [5.41, 5.74) is 6.92. The number of rotatable bonds is 3. The van der Waals surface area contributed by atoms with E-state index >= 15 is 0 Å². The molecule has 0 spiro atoms. The van der Waals surface area contributed by atoms with Gasteiger partial charge in [0.25, 0.3) is 0 Å². The molecule has 0 aliphatic carbocycles. The van der Waals surface area contributed by atoms with Crippen LogP contribution in [-0.4, -0.2) is 4.98 Å². The van der Waals surface area contributed by atoms with Crippen molar-refractivity contribution in [3.05, 3.63) is 52.4 Å². The zero-order valence-electron chi connectivity index (χ0n) is 9.78. The van der Waals surface area contributed by atoms with Gasteiger partial charge in [-0.1, -0.05) is 11.6 Å². The Morgan fingerprint density at radius 3 is 2.83 bits per heavy atom. The smallest absolute Gasteiger partial charge is 0.223 e. The molecule has 0 bridgehead atoms. The third-order valence-corrected chi connectivity index (χ3v) is 2.69. The van der Waals surface area contributed by atoms with Crippen molar-refractivity contribution in [2.45, 2.75) is 13.5 Å². The molecule has 1 heterocycles. The maximum Gasteiger partial charge on any atom is 0.223 e. The van der Waals surface area contributed by atoms with Gasteiger partial charge in [-0.3, -0.25) is 0 Å². The van der Waals surface area contributed by atoms with E-state index in [0.29, 0.717) is 22.2 Å². The van der Waals surface area contributed by atoms with Gasteiger partial charge in [0, 0.05) is 17.1 Å². The van der Waals surface area contributed by atoms with Crippen molar-refractivity contribution in [2.24, 2.45) is 5.73 Å². The van der Waals surface area contributed by atoms with Crippen molar-refractivity contribution in [1.29, 1.82) is 0 Å². The van der Waals surface area contributed by atoms with E-state index in [0.717, 1.165) is 11.8 Å². The lowest BCUT2D eigenvalue weighted by atomic mass is 10.2. The fourth-order valence-corrected chi connectivity index (χ4v) is 1.76. The second-order valence-electron chi connectivity index (χ2n) is 3.83. The monoisotopic (exact) mass is 266 g/mol. The lowest BCUT2D eigenvalue weighted by molar-refractivity contribution is 0.449. The lowest BCUT2D eigenvalue weighted by Crippen LogP contribution is -2.02. The Labute approximate surface area is 109 Å². The van der Waals surface area contributed by atoms with E-state index in [-0.39, 0.29) is 6.54 Å². The highest BCUT2D eigenvalue weighted by molar-refractivity contribution is 6.30. The maximum atomic E-state index is 13.0. The van der Waals surface area contributed by atoms with Crippen LogP contribution in [0.4, 0.5) is 4.39 Å². The minimum Gasteiger partial charge on any atom is -0.438 e. The minimum absolute atomic E-state index is 0.159. The molecular weight excluding hydrogens is 255 g/mol. The third kappa shape index (κ3) is 2.78. The first-order valence-corrected chi connectivity index (χ1v) is 5.76. The van der Waals surface area contributed by atoms with Crippen LogP contribution in [0.3, 0.4) is 0 Å². The van der Waals surface area contributed by atoms with Crippen molar-refractivity contribution in [3.63, 3.8) is 0 Å². The van der Waals surface area contributed by atoms with Crippen LogP contribution < -0.4 is 10.5 Å². The van der Waals surface area contributed by atoms with Gasteiger partial charge in [-0.15, -0.1) is 0 Å². The van der Waals surface area contributed by atoms with Crippen molar-refractivity contribution in [1.82, 2.24) is 4.98 Å². The van der Waals surface area contributed by atoms with E-state index in [2.05, 4.69) is 4.98 Å². The molecule has 0 unspecified atom stereocenters. The molecule has 0 aliphatic heterocycles. The van der Waals surface area contributed by atoms with Crippen LogP contribution >= 0.6 is 11.6 Å². The van der Waals surface area contributed by atoms with Crippen LogP contribution in [0, 0.1) is 12.7 Å². The Morgan fingerprint density at radius 1 is 1.39 bits per heavy atom. The average molecular weight is 267 g/mol. The molecule has 3 nitrogen and oxygen atoms in total. The van der Waals surface area contributed by atoms with E-state index in [1.165, 1.54) is 6.07 Å². The second-order valence-corrected chi connectivity index (χ2v) is 4.27. The third-order valence-electron chi connectivity index (χ3n) is 2.46. The Balaban J connectivity index is 2.33. The predicted octanol–water partition coefficient (Wildman–Crippen LogP) is 3.43. The van der Waals surface area contributed by atoms with Gasteiger partial charge in [-0.2, -0.15) is 0 Å². The number of ether oxygens (including phenoxy) is 1. The Morgan fingerprint density at radius 2 is 2.17 bits per heavy atom. The summed E-state index contributed by atoms with van der Waals surface area (Å²) in [6.07, 6.45) is 1.10. The number of nitrogens with two attached hydrogens (primary N) is 1. The van der Waals surface area contributed by atoms with Crippen LogP contribution in [0.15, 0.2) is 30.5 Å². The SMILES string of the molecule is Cc1cc(Cl)ccc1Oc1ncc(F)cc1CN. The van der Waals surface area contributed by atoms with E-state index < -0.39 is 5.82 Å². The molecule has 2 rings (SSSR count). The molecule has 5 heteroatoms. The number of hydrogen-bond acceptors (Lipinski definition) is 3. The van der Waals surface area contributed by atoms with Gasteiger partial charge in [-0.05, 0) is 36.8 Å². The van der Waals surface area contributed by atoms with Gasteiger partial charge >= 0.3 is 0 Å². The fourth-order valence-electron chi connectivity index (χ4n) is 1.54. The Hall–Kier alpha value is -1.65. The van der Waals surface area contributed by atoms with Gasteiger partial charge in [0.05, 0.1) is 6.20 Å². The van der Waals surface area contributed by atoms with E-state index in [4.69, 9.17) is 22.1 Å². The summed E-state index contributed by atoms with van der Waals surface area (Å²) in [4.78, 5) is 3.90. The molecule has 1 aromatic carbocycles. The zero-order valence-corrected chi connectivity index (χ0v) is 10.5. The van der Waals surface area contributed by atoms with Gasteiger partial charge in [0.2, 0.25) is 5.88 Å². The molecule has 2 N–H and O–H groups in total. The second kappa shape index (κ2) is 5.33. The van der Waals surface area contributed by atoms with E-state index in [1.807, 2.05) is 6.92 Å². The molecule has 18 heavy (non-hydrogen) atoms. The molecule has 0 saturated carbocycles. The standard InChI is InChI=1S/C13H12ClFN2O/c1-8-4-10(14)2-3-12(8)18-13-9(6-16)5-11(15)7-17-13/h2-5,7H,6,16H2,1H3. The summed E-state index contributed by atoms with van der Waals surface area (Å²) in [5, 5.41) is 0.631. The van der Waals surface area contributed by atoms with Crippen LogP contribution in [0.5, 0.6) is 11.6 Å². The lowest BCUT2D eigenvalue weighted by Gasteiger charge is -2.11. The van der Waals surface area contributed by atoms with Crippen molar-refractivity contribution < 1.29 is 9.13 Å². The summed E-state index contributed by atoms with van der Waals surface area (Å²) in [6.45, 7) is 2.03. The maximum absolute atomic E-state index is 13.0. The van der Waals surface area contributed by atoms with Crippen molar-refractivity contribution >= 4 is 11.6 Å². The normalized spacial score (nSPS) is 10.4. The molecule has 1 aromatic heterocycles. The number of halogens is 2. The van der Waals surface area contributed by atoms with E-state index in [1.54, 1.807) is 18.2 Å². The van der Waals surface area contributed by atoms with Gasteiger partial charge in [0.15, 0.2) is 0 Å². The van der Waals surface area contributed by atoms with Crippen LogP contribution in [0.25, 0.3) is 0 Å². The van der Waals surface area contributed by atoms with E-state index in [9.17, 15) is 4.39 Å². The summed E-state index contributed by atoms with van der Waals surface area (Å²) >= 11 is 5.86. The number of hydrogen-bond donors (Lipinski definition) is 1. The fraction of sp³-hybridized carbons (Fsp3) is 0.154. The largest absolute Gasteiger partial charge is 0.438 e. The number of aromatic nitrogens is 1. The first-order valence-electron chi connectivity index (χ1n) is 5.38. The summed E-state index contributed by atoms with van der Waals surface area (Å²) in [7, 11) is 0. The quantitative estimate of drug-likeness (QED) is 0.926. The van der Waals surface area contributed by atoms with Crippen LogP contribution in [-0.2, 0) is 6.54 Å². The Kier molecular flexibility index (Phi) is 3.79. The topological polar surface area (TPSA) is 48.1 Å². The number of aryl methyl sites for hydroxylation is 1. The van der Waals surface area contributed by atoms with Crippen molar-refractivity contribution in [2.75, 3.05) is 0 Å². The van der Waals surface area contributed by atoms with Gasteiger partial charge < -0.3 is 10.5 Å². The van der Waals surface area contributed by atoms with Gasteiger partial charge in [0.1, 0.15) is 11.6 Å².